The second kappa shape index (κ2) is 8.43. The molecule has 0 radical (unpaired) electrons. The van der Waals surface area contributed by atoms with Gasteiger partial charge in [-0.2, -0.15) is 0 Å². The molecule has 0 saturated carbocycles. The van der Waals surface area contributed by atoms with Crippen molar-refractivity contribution in [2.45, 2.75) is 20.3 Å². The molecule has 0 aliphatic heterocycles. The minimum absolute atomic E-state index is 0.0644. The van der Waals surface area contributed by atoms with Crippen molar-refractivity contribution in [1.29, 1.82) is 0 Å². The molecule has 3 N–H and O–H groups in total. The minimum Gasteiger partial charge on any atom is -0.356 e. The van der Waals surface area contributed by atoms with Gasteiger partial charge in [0, 0.05) is 30.2 Å². The third-order valence-electron chi connectivity index (χ3n) is 2.45. The van der Waals surface area contributed by atoms with Crippen molar-refractivity contribution in [3.63, 3.8) is 0 Å². The zero-order chi connectivity index (χ0) is 15.0. The van der Waals surface area contributed by atoms with Gasteiger partial charge in [0.1, 0.15) is 0 Å². The van der Waals surface area contributed by atoms with E-state index in [1.807, 2.05) is 13.8 Å². The molecule has 0 spiro atoms. The summed E-state index contributed by atoms with van der Waals surface area (Å²) in [6.07, 6.45) is 0.265. The summed E-state index contributed by atoms with van der Waals surface area (Å²) in [6.45, 7) is 5.00. The number of hydrogen-bond acceptors (Lipinski definition) is 2. The van der Waals surface area contributed by atoms with Crippen LogP contribution in [-0.2, 0) is 4.79 Å². The van der Waals surface area contributed by atoms with Crippen molar-refractivity contribution >= 4 is 29.2 Å². The molecule has 0 atom stereocenters. The van der Waals surface area contributed by atoms with Crippen LogP contribution in [0.1, 0.15) is 20.3 Å². The number of hydrogen-bond donors (Lipinski definition) is 3. The molecular formula is C14H20ClN3O2. The van der Waals surface area contributed by atoms with Gasteiger partial charge in [0.25, 0.3) is 0 Å². The van der Waals surface area contributed by atoms with Crippen LogP contribution in [0.4, 0.5) is 10.5 Å². The van der Waals surface area contributed by atoms with Gasteiger partial charge in [0.2, 0.25) is 5.91 Å². The van der Waals surface area contributed by atoms with Crippen LogP contribution in [0.25, 0.3) is 0 Å². The maximum absolute atomic E-state index is 11.6. The number of nitrogens with one attached hydrogen (secondary N) is 3. The van der Waals surface area contributed by atoms with Gasteiger partial charge >= 0.3 is 6.03 Å². The lowest BCUT2D eigenvalue weighted by Gasteiger charge is -2.09. The van der Waals surface area contributed by atoms with Gasteiger partial charge in [-0.3, -0.25) is 4.79 Å². The Morgan fingerprint density at radius 1 is 1.15 bits per heavy atom. The molecule has 20 heavy (non-hydrogen) atoms. The topological polar surface area (TPSA) is 70.2 Å². The van der Waals surface area contributed by atoms with Gasteiger partial charge in [0.15, 0.2) is 0 Å². The highest BCUT2D eigenvalue weighted by atomic mass is 35.5. The highest BCUT2D eigenvalue weighted by molar-refractivity contribution is 6.30. The normalized spacial score (nSPS) is 10.2. The van der Waals surface area contributed by atoms with Crippen molar-refractivity contribution < 1.29 is 9.59 Å². The molecule has 6 heteroatoms. The van der Waals surface area contributed by atoms with Crippen molar-refractivity contribution in [1.82, 2.24) is 10.6 Å². The zero-order valence-corrected chi connectivity index (χ0v) is 12.5. The molecule has 0 heterocycles. The van der Waals surface area contributed by atoms with Crippen LogP contribution < -0.4 is 16.0 Å². The molecule has 0 bridgehead atoms. The van der Waals surface area contributed by atoms with Crippen molar-refractivity contribution in [2.24, 2.45) is 5.92 Å². The second-order valence-corrected chi connectivity index (χ2v) is 5.27. The highest BCUT2D eigenvalue weighted by Crippen LogP contribution is 2.12. The van der Waals surface area contributed by atoms with Crippen LogP contribution in [0.2, 0.25) is 5.02 Å². The molecule has 0 aromatic heterocycles. The van der Waals surface area contributed by atoms with E-state index in [0.29, 0.717) is 29.7 Å². The van der Waals surface area contributed by atoms with E-state index in [0.717, 1.165) is 0 Å². The third-order valence-corrected chi connectivity index (χ3v) is 2.70. The van der Waals surface area contributed by atoms with E-state index < -0.39 is 0 Å². The molecule has 5 nitrogen and oxygen atoms in total. The Hall–Kier alpha value is -1.75. The number of amides is 3. The molecule has 1 aromatic rings. The van der Waals surface area contributed by atoms with Crippen molar-refractivity contribution in [3.8, 4) is 0 Å². The highest BCUT2D eigenvalue weighted by Gasteiger charge is 2.04. The van der Waals surface area contributed by atoms with Crippen LogP contribution in [-0.4, -0.2) is 25.0 Å². The fourth-order valence-corrected chi connectivity index (χ4v) is 1.53. The largest absolute Gasteiger partial charge is 0.356 e. The summed E-state index contributed by atoms with van der Waals surface area (Å²) in [4.78, 5) is 23.0. The molecule has 0 fully saturated rings. The fourth-order valence-electron chi connectivity index (χ4n) is 1.40. The number of halogens is 1. The Morgan fingerprint density at radius 3 is 2.40 bits per heavy atom. The van der Waals surface area contributed by atoms with E-state index in [1.165, 1.54) is 0 Å². The Bertz CT molecular complexity index is 446. The first kappa shape index (κ1) is 16.3. The molecule has 0 aliphatic rings. The third kappa shape index (κ3) is 6.99. The molecule has 0 unspecified atom stereocenters. The van der Waals surface area contributed by atoms with Crippen molar-refractivity contribution in [3.05, 3.63) is 29.3 Å². The first-order valence-corrected chi connectivity index (χ1v) is 6.92. The van der Waals surface area contributed by atoms with E-state index in [-0.39, 0.29) is 18.4 Å². The van der Waals surface area contributed by atoms with Crippen molar-refractivity contribution in [2.75, 3.05) is 18.4 Å². The predicted octanol–water partition coefficient (Wildman–Crippen LogP) is 2.62. The Labute approximate surface area is 124 Å². The summed E-state index contributed by atoms with van der Waals surface area (Å²) in [5.41, 5.74) is 0.649. The quantitative estimate of drug-likeness (QED) is 0.755. The molecule has 1 rings (SSSR count). The number of rotatable bonds is 6. The number of benzene rings is 1. The van der Waals surface area contributed by atoms with E-state index in [1.54, 1.807) is 24.3 Å². The second-order valence-electron chi connectivity index (χ2n) is 4.84. The Kier molecular flexibility index (Phi) is 6.87. The smallest absolute Gasteiger partial charge is 0.319 e. The first-order valence-electron chi connectivity index (χ1n) is 6.54. The minimum atomic E-state index is -0.344. The van der Waals surface area contributed by atoms with Crippen LogP contribution >= 0.6 is 11.6 Å². The summed E-state index contributed by atoms with van der Waals surface area (Å²) >= 11 is 5.75. The zero-order valence-electron chi connectivity index (χ0n) is 11.7. The van der Waals surface area contributed by atoms with E-state index in [4.69, 9.17) is 11.6 Å². The first-order chi connectivity index (χ1) is 9.47. The maximum atomic E-state index is 11.6. The SMILES string of the molecule is CC(C)CNC(=O)CCNC(=O)Nc1ccc(Cl)cc1. The van der Waals surface area contributed by atoms with Gasteiger partial charge in [-0.05, 0) is 30.2 Å². The predicted molar refractivity (Wildman–Crippen MR) is 80.9 cm³/mol. The number of urea groups is 1. The average Bonchev–Trinajstić information content (AvgIpc) is 2.39. The molecule has 110 valence electrons. The molecule has 3 amide bonds. The van der Waals surface area contributed by atoms with Crippen LogP contribution in [0.3, 0.4) is 0 Å². The maximum Gasteiger partial charge on any atom is 0.319 e. The van der Waals surface area contributed by atoms with E-state index >= 15 is 0 Å². The molecule has 0 aliphatic carbocycles. The fraction of sp³-hybridized carbons (Fsp3) is 0.429. The lowest BCUT2D eigenvalue weighted by atomic mass is 10.2. The van der Waals surface area contributed by atoms with Gasteiger partial charge < -0.3 is 16.0 Å². The number of carbonyl (C=O) groups is 2. The standard InChI is InChI=1S/C14H20ClN3O2/c1-10(2)9-17-13(19)7-8-16-14(20)18-12-5-3-11(15)4-6-12/h3-6,10H,7-9H2,1-2H3,(H,17,19)(H2,16,18,20). The Morgan fingerprint density at radius 2 is 1.80 bits per heavy atom. The average molecular weight is 298 g/mol. The lowest BCUT2D eigenvalue weighted by Crippen LogP contribution is -2.34. The summed E-state index contributed by atoms with van der Waals surface area (Å²) in [6, 6.07) is 6.45. The Balaban J connectivity index is 2.20. The van der Waals surface area contributed by atoms with Crippen LogP contribution in [0.15, 0.2) is 24.3 Å². The number of anilines is 1. The van der Waals surface area contributed by atoms with Gasteiger partial charge in [-0.25, -0.2) is 4.79 Å². The summed E-state index contributed by atoms with van der Waals surface area (Å²) in [7, 11) is 0. The molecule has 1 aromatic carbocycles. The molecular weight excluding hydrogens is 278 g/mol. The van der Waals surface area contributed by atoms with E-state index in [2.05, 4.69) is 16.0 Å². The summed E-state index contributed by atoms with van der Waals surface area (Å²) in [5.74, 6) is 0.352. The summed E-state index contributed by atoms with van der Waals surface area (Å²) in [5, 5.41) is 8.67. The van der Waals surface area contributed by atoms with Crippen LogP contribution in [0.5, 0.6) is 0 Å². The van der Waals surface area contributed by atoms with E-state index in [9.17, 15) is 9.59 Å². The van der Waals surface area contributed by atoms with Gasteiger partial charge in [0.05, 0.1) is 0 Å². The monoisotopic (exact) mass is 297 g/mol. The number of carbonyl (C=O) groups excluding carboxylic acids is 2. The lowest BCUT2D eigenvalue weighted by molar-refractivity contribution is -0.121. The molecule has 0 saturated heterocycles. The van der Waals surface area contributed by atoms with Crippen LogP contribution in [0, 0.1) is 5.92 Å². The van der Waals surface area contributed by atoms with Gasteiger partial charge in [-0.1, -0.05) is 25.4 Å². The van der Waals surface area contributed by atoms with Gasteiger partial charge in [-0.15, -0.1) is 0 Å². The summed E-state index contributed by atoms with van der Waals surface area (Å²) < 4.78 is 0.